The van der Waals surface area contributed by atoms with E-state index in [0.717, 1.165) is 24.0 Å². The van der Waals surface area contributed by atoms with Gasteiger partial charge >= 0.3 is 12.4 Å². The normalized spacial score (nSPS) is 17.3. The lowest BCUT2D eigenvalue weighted by Gasteiger charge is -2.26. The molecule has 0 saturated carbocycles. The van der Waals surface area contributed by atoms with Crippen molar-refractivity contribution in [3.05, 3.63) is 70.3 Å². The summed E-state index contributed by atoms with van der Waals surface area (Å²) in [6.45, 7) is 0. The van der Waals surface area contributed by atoms with E-state index in [9.17, 15) is 31.1 Å². The molecule has 1 atom stereocenters. The lowest BCUT2D eigenvalue weighted by atomic mass is 9.87. The second-order valence-corrected chi connectivity index (χ2v) is 6.41. The average Bonchev–Trinajstić information content (AvgIpc) is 2.60. The van der Waals surface area contributed by atoms with Gasteiger partial charge in [0.05, 0.1) is 17.2 Å². The molecule has 0 saturated heterocycles. The Kier molecular flexibility index (Phi) is 4.92. The number of nitrogens with one attached hydrogen (secondary N) is 1. The topological polar surface area (TPSA) is 29.1 Å². The number of fused-ring (bicyclic) bond motifs is 1. The molecular weight excluding hydrogens is 372 g/mol. The number of benzene rings is 2. The summed E-state index contributed by atoms with van der Waals surface area (Å²) in [6, 6.07) is 7.74. The lowest BCUT2D eigenvalue weighted by molar-refractivity contribution is -0.143. The molecule has 2 aromatic carbocycles. The Bertz CT molecular complexity index is 824. The second-order valence-electron chi connectivity index (χ2n) is 6.41. The summed E-state index contributed by atoms with van der Waals surface area (Å²) in [5, 5.41) is 2.58. The van der Waals surface area contributed by atoms with Gasteiger partial charge in [0.1, 0.15) is 0 Å². The summed E-state index contributed by atoms with van der Waals surface area (Å²) in [5.74, 6) is -0.965. The van der Waals surface area contributed by atoms with Gasteiger partial charge in [-0.1, -0.05) is 24.3 Å². The zero-order chi connectivity index (χ0) is 19.8. The van der Waals surface area contributed by atoms with E-state index in [0.29, 0.717) is 18.6 Å². The maximum atomic E-state index is 13.0. The smallest absolute Gasteiger partial charge is 0.345 e. The maximum absolute atomic E-state index is 13.0. The summed E-state index contributed by atoms with van der Waals surface area (Å²) in [5.41, 5.74) is -1.84. The van der Waals surface area contributed by atoms with Gasteiger partial charge in [-0.3, -0.25) is 4.79 Å². The fourth-order valence-electron chi connectivity index (χ4n) is 3.23. The molecule has 0 aromatic heterocycles. The molecule has 0 fully saturated rings. The van der Waals surface area contributed by atoms with Crippen LogP contribution in [-0.4, -0.2) is 5.91 Å². The van der Waals surface area contributed by atoms with E-state index >= 15 is 0 Å². The van der Waals surface area contributed by atoms with E-state index in [4.69, 9.17) is 0 Å². The first-order valence-corrected chi connectivity index (χ1v) is 8.24. The third-order valence-corrected chi connectivity index (χ3v) is 4.52. The maximum Gasteiger partial charge on any atom is 0.416 e. The van der Waals surface area contributed by atoms with Crippen LogP contribution in [0.15, 0.2) is 42.5 Å². The Morgan fingerprint density at radius 3 is 2.11 bits per heavy atom. The molecule has 0 unspecified atom stereocenters. The molecule has 8 heteroatoms. The number of rotatable bonds is 2. The largest absolute Gasteiger partial charge is 0.416 e. The van der Waals surface area contributed by atoms with Crippen molar-refractivity contribution >= 4 is 5.91 Å². The predicted octanol–water partition coefficient (Wildman–Crippen LogP) is 5.53. The number of amides is 1. The molecule has 2 aromatic rings. The number of carbonyl (C=O) groups excluding carboxylic acids is 1. The summed E-state index contributed by atoms with van der Waals surface area (Å²) < 4.78 is 77.7. The Labute approximate surface area is 151 Å². The van der Waals surface area contributed by atoms with Crippen molar-refractivity contribution in [2.75, 3.05) is 0 Å². The summed E-state index contributed by atoms with van der Waals surface area (Å²) in [7, 11) is 0. The number of hydrogen-bond acceptors (Lipinski definition) is 1. The van der Waals surface area contributed by atoms with E-state index in [1.807, 2.05) is 12.1 Å². The first kappa shape index (κ1) is 19.3. The molecule has 2 nitrogen and oxygen atoms in total. The Morgan fingerprint density at radius 1 is 0.926 bits per heavy atom. The number of alkyl halides is 6. The minimum Gasteiger partial charge on any atom is -0.345 e. The molecular formula is C19H15F6NO. The summed E-state index contributed by atoms with van der Waals surface area (Å²) >= 11 is 0. The van der Waals surface area contributed by atoms with Crippen molar-refractivity contribution in [2.45, 2.75) is 37.7 Å². The zero-order valence-electron chi connectivity index (χ0n) is 13.9. The molecule has 1 N–H and O–H groups in total. The molecule has 3 rings (SSSR count). The molecule has 0 radical (unpaired) electrons. The number of carbonyl (C=O) groups is 1. The van der Waals surface area contributed by atoms with Crippen LogP contribution in [0.3, 0.4) is 0 Å². The van der Waals surface area contributed by atoms with Crippen molar-refractivity contribution in [2.24, 2.45) is 0 Å². The Balaban J connectivity index is 1.93. The minimum absolute atomic E-state index is 0.00664. The van der Waals surface area contributed by atoms with Crippen LogP contribution in [0, 0.1) is 0 Å². The summed E-state index contributed by atoms with van der Waals surface area (Å²) in [6.07, 6.45) is -7.85. The van der Waals surface area contributed by atoms with Crippen LogP contribution in [0.25, 0.3) is 0 Å². The van der Waals surface area contributed by atoms with Gasteiger partial charge in [0.15, 0.2) is 0 Å². The average molecular weight is 387 g/mol. The number of halogens is 6. The predicted molar refractivity (Wildman–Crippen MR) is 86.0 cm³/mol. The third kappa shape index (κ3) is 4.26. The van der Waals surface area contributed by atoms with Gasteiger partial charge in [-0.15, -0.1) is 0 Å². The van der Waals surface area contributed by atoms with E-state index < -0.39 is 41.0 Å². The minimum atomic E-state index is -4.99. The molecule has 1 aliphatic carbocycles. The van der Waals surface area contributed by atoms with Crippen molar-refractivity contribution in [1.82, 2.24) is 5.32 Å². The molecule has 0 aliphatic heterocycles. The van der Waals surface area contributed by atoms with Crippen molar-refractivity contribution in [3.63, 3.8) is 0 Å². The van der Waals surface area contributed by atoms with Crippen LogP contribution in [0.2, 0.25) is 0 Å². The molecule has 1 aliphatic rings. The first-order valence-electron chi connectivity index (χ1n) is 8.24. The molecule has 27 heavy (non-hydrogen) atoms. The van der Waals surface area contributed by atoms with Crippen LogP contribution in [0.1, 0.15) is 51.5 Å². The first-order chi connectivity index (χ1) is 12.6. The zero-order valence-corrected chi connectivity index (χ0v) is 13.9. The fraction of sp³-hybridized carbons (Fsp3) is 0.316. The highest BCUT2D eigenvalue weighted by atomic mass is 19.4. The number of hydrogen-bond donors (Lipinski definition) is 1. The van der Waals surface area contributed by atoms with Crippen LogP contribution >= 0.6 is 0 Å². The van der Waals surface area contributed by atoms with Crippen molar-refractivity contribution < 1.29 is 31.1 Å². The van der Waals surface area contributed by atoms with Crippen LogP contribution in [0.5, 0.6) is 0 Å². The van der Waals surface area contributed by atoms with E-state index in [1.54, 1.807) is 12.1 Å². The van der Waals surface area contributed by atoms with Crippen LogP contribution in [-0.2, 0) is 18.8 Å². The van der Waals surface area contributed by atoms with Gasteiger partial charge in [-0.25, -0.2) is 0 Å². The van der Waals surface area contributed by atoms with E-state index in [1.165, 1.54) is 0 Å². The van der Waals surface area contributed by atoms with E-state index in [-0.39, 0.29) is 6.07 Å². The Hall–Kier alpha value is -2.51. The highest BCUT2D eigenvalue weighted by Gasteiger charge is 2.37. The number of aryl methyl sites for hydroxylation is 1. The fourth-order valence-corrected chi connectivity index (χ4v) is 3.23. The highest BCUT2D eigenvalue weighted by molar-refractivity contribution is 5.95. The van der Waals surface area contributed by atoms with Crippen LogP contribution in [0.4, 0.5) is 26.3 Å². The van der Waals surface area contributed by atoms with Crippen LogP contribution < -0.4 is 5.32 Å². The Morgan fingerprint density at radius 2 is 1.52 bits per heavy atom. The van der Waals surface area contributed by atoms with Gasteiger partial charge in [0.25, 0.3) is 5.91 Å². The summed E-state index contributed by atoms with van der Waals surface area (Å²) in [4.78, 5) is 12.4. The quantitative estimate of drug-likeness (QED) is 0.675. The van der Waals surface area contributed by atoms with Gasteiger partial charge in [0.2, 0.25) is 0 Å². The van der Waals surface area contributed by atoms with Crippen molar-refractivity contribution in [3.8, 4) is 0 Å². The standard InChI is InChI=1S/C19H15F6NO/c20-18(21,22)13-8-12(9-14(10-13)19(23,24)25)17(27)26-16-7-3-5-11-4-1-2-6-15(11)16/h1-2,4,6,8-10,16H,3,5,7H2,(H,26,27)/t16-/m1/s1. The second kappa shape index (κ2) is 6.90. The monoisotopic (exact) mass is 387 g/mol. The van der Waals surface area contributed by atoms with E-state index in [2.05, 4.69) is 5.32 Å². The van der Waals surface area contributed by atoms with Gasteiger partial charge < -0.3 is 5.32 Å². The molecule has 0 heterocycles. The highest BCUT2D eigenvalue weighted by Crippen LogP contribution is 2.36. The molecule has 0 spiro atoms. The lowest BCUT2D eigenvalue weighted by Crippen LogP contribution is -2.31. The van der Waals surface area contributed by atoms with Gasteiger partial charge in [-0.05, 0) is 48.6 Å². The van der Waals surface area contributed by atoms with Crippen molar-refractivity contribution in [1.29, 1.82) is 0 Å². The van der Waals surface area contributed by atoms with Gasteiger partial charge in [-0.2, -0.15) is 26.3 Å². The third-order valence-electron chi connectivity index (χ3n) is 4.52. The molecule has 144 valence electrons. The SMILES string of the molecule is O=C(N[C@@H]1CCCc2ccccc21)c1cc(C(F)(F)F)cc(C(F)(F)F)c1. The van der Waals surface area contributed by atoms with Gasteiger partial charge in [0, 0.05) is 5.56 Å². The molecule has 1 amide bonds. The molecule has 0 bridgehead atoms.